The Balaban J connectivity index is 1.35. The fourth-order valence-electron chi connectivity index (χ4n) is 5.27. The third kappa shape index (κ3) is 11.0. The molecule has 3 aliphatic heterocycles. The van der Waals surface area contributed by atoms with Crippen LogP contribution in [0.3, 0.4) is 0 Å². The van der Waals surface area contributed by atoms with Crippen molar-refractivity contribution in [3.05, 3.63) is 0 Å². The van der Waals surface area contributed by atoms with Crippen molar-refractivity contribution >= 4 is 17.8 Å². The van der Waals surface area contributed by atoms with Gasteiger partial charge in [-0.3, -0.25) is 9.59 Å². The number of imide groups is 1. The quantitative estimate of drug-likeness (QED) is 0.254. The molecule has 212 valence electrons. The van der Waals surface area contributed by atoms with E-state index in [0.29, 0.717) is 43.1 Å². The molecule has 2 amide bonds. The molecule has 0 aromatic rings. The molecule has 10 heteroatoms. The number of hydroxylamine groups is 2. The lowest BCUT2D eigenvalue weighted by Crippen LogP contribution is -2.38. The smallest absolute Gasteiger partial charge is 0.333 e. The first-order valence-corrected chi connectivity index (χ1v) is 14.2. The molecular weight excluding hydrogens is 480 g/mol. The molecule has 1 N–H and O–H groups in total. The maximum atomic E-state index is 12.0. The lowest BCUT2D eigenvalue weighted by atomic mass is 10.0. The summed E-state index contributed by atoms with van der Waals surface area (Å²) in [5, 5.41) is 10.6. The normalized spacial score (nSPS) is 28.8. The second-order valence-corrected chi connectivity index (χ2v) is 10.7. The first-order chi connectivity index (χ1) is 17.8. The van der Waals surface area contributed by atoms with E-state index in [-0.39, 0.29) is 37.8 Å². The van der Waals surface area contributed by atoms with Crippen LogP contribution in [0.15, 0.2) is 0 Å². The zero-order valence-electron chi connectivity index (χ0n) is 22.6. The molecule has 0 aliphatic carbocycles. The first kappa shape index (κ1) is 30.0. The third-order valence-corrected chi connectivity index (χ3v) is 7.28. The van der Waals surface area contributed by atoms with Gasteiger partial charge >= 0.3 is 5.97 Å². The van der Waals surface area contributed by atoms with Crippen molar-refractivity contribution in [1.29, 1.82) is 0 Å². The number of rotatable bonds is 15. The van der Waals surface area contributed by atoms with Crippen molar-refractivity contribution in [2.24, 2.45) is 0 Å². The molecule has 37 heavy (non-hydrogen) atoms. The van der Waals surface area contributed by atoms with E-state index in [1.807, 2.05) is 6.92 Å². The number of ether oxygens (including phenoxy) is 3. The summed E-state index contributed by atoms with van der Waals surface area (Å²) in [6, 6.07) is 0. The molecule has 3 heterocycles. The van der Waals surface area contributed by atoms with Crippen LogP contribution in [0.1, 0.15) is 97.3 Å². The lowest BCUT2D eigenvalue weighted by molar-refractivity contribution is -0.211. The standard InChI is InChI=1S/C27H46N2O8/c1-20-8-6-9-23(35-20)10-7-15-28(16-17-34-27-19-22(30)18-21(2)36-27)14-5-3-4-11-26(33)37-29-24(31)12-13-25(29)32/h20-23,27,30H,3-19H2,1-2H3/t20-,21+,22-,23+,27-/m0/s1. The Labute approximate surface area is 220 Å². The van der Waals surface area contributed by atoms with Crippen LogP contribution >= 0.6 is 0 Å². The summed E-state index contributed by atoms with van der Waals surface area (Å²) in [5.41, 5.74) is 0. The highest BCUT2D eigenvalue weighted by atomic mass is 16.7. The van der Waals surface area contributed by atoms with E-state index < -0.39 is 17.8 Å². The number of unbranched alkanes of at least 4 members (excludes halogenated alkanes) is 2. The number of aliphatic hydroxyl groups is 1. The van der Waals surface area contributed by atoms with Crippen molar-refractivity contribution in [3.8, 4) is 0 Å². The topological polar surface area (TPSA) is 115 Å². The highest BCUT2D eigenvalue weighted by Gasteiger charge is 2.32. The van der Waals surface area contributed by atoms with Crippen molar-refractivity contribution in [3.63, 3.8) is 0 Å². The maximum absolute atomic E-state index is 12.0. The molecule has 3 fully saturated rings. The summed E-state index contributed by atoms with van der Waals surface area (Å²) in [4.78, 5) is 42.5. The molecule has 5 atom stereocenters. The van der Waals surface area contributed by atoms with Crippen molar-refractivity contribution < 1.29 is 38.5 Å². The monoisotopic (exact) mass is 526 g/mol. The predicted octanol–water partition coefficient (Wildman–Crippen LogP) is 3.10. The number of carbonyl (C=O) groups is 3. The third-order valence-electron chi connectivity index (χ3n) is 7.28. The molecule has 0 bridgehead atoms. The highest BCUT2D eigenvalue weighted by Crippen LogP contribution is 2.22. The second kappa shape index (κ2) is 15.7. The van der Waals surface area contributed by atoms with Crippen LogP contribution in [0.5, 0.6) is 0 Å². The van der Waals surface area contributed by atoms with Gasteiger partial charge in [0.2, 0.25) is 0 Å². The van der Waals surface area contributed by atoms with Crippen LogP contribution in [0.2, 0.25) is 0 Å². The molecule has 0 aromatic carbocycles. The van der Waals surface area contributed by atoms with Gasteiger partial charge in [-0.1, -0.05) is 6.42 Å². The highest BCUT2D eigenvalue weighted by molar-refractivity contribution is 6.01. The van der Waals surface area contributed by atoms with Crippen LogP contribution < -0.4 is 0 Å². The molecular formula is C27H46N2O8. The average molecular weight is 527 g/mol. The Bertz CT molecular complexity index is 709. The van der Waals surface area contributed by atoms with Crippen molar-refractivity contribution in [1.82, 2.24) is 9.96 Å². The van der Waals surface area contributed by atoms with Gasteiger partial charge in [0, 0.05) is 32.2 Å². The van der Waals surface area contributed by atoms with Crippen LogP contribution in [-0.4, -0.2) is 89.8 Å². The summed E-state index contributed by atoms with van der Waals surface area (Å²) in [6.07, 6.45) is 9.51. The van der Waals surface area contributed by atoms with E-state index in [9.17, 15) is 19.5 Å². The van der Waals surface area contributed by atoms with E-state index in [1.54, 1.807) is 0 Å². The molecule has 0 aromatic heterocycles. The van der Waals surface area contributed by atoms with Gasteiger partial charge in [-0.15, -0.1) is 5.06 Å². The van der Waals surface area contributed by atoms with Crippen molar-refractivity contribution in [2.75, 3.05) is 26.2 Å². The van der Waals surface area contributed by atoms with Crippen molar-refractivity contribution in [2.45, 2.75) is 128 Å². The van der Waals surface area contributed by atoms with Gasteiger partial charge in [-0.25, -0.2) is 4.79 Å². The molecule has 0 unspecified atom stereocenters. The fourth-order valence-corrected chi connectivity index (χ4v) is 5.27. The van der Waals surface area contributed by atoms with Gasteiger partial charge in [0.1, 0.15) is 0 Å². The van der Waals surface area contributed by atoms with Gasteiger partial charge in [-0.2, -0.15) is 0 Å². The predicted molar refractivity (Wildman–Crippen MR) is 135 cm³/mol. The van der Waals surface area contributed by atoms with Crippen LogP contribution in [-0.2, 0) is 33.4 Å². The summed E-state index contributed by atoms with van der Waals surface area (Å²) in [7, 11) is 0. The van der Waals surface area contributed by atoms with Gasteiger partial charge in [0.05, 0.1) is 31.0 Å². The number of carbonyl (C=O) groups excluding carboxylic acids is 3. The first-order valence-electron chi connectivity index (χ1n) is 14.2. The van der Waals surface area contributed by atoms with E-state index in [2.05, 4.69) is 11.8 Å². The molecule has 0 radical (unpaired) electrons. The minimum Gasteiger partial charge on any atom is -0.393 e. The molecule has 3 saturated heterocycles. The van der Waals surface area contributed by atoms with Crippen LogP contribution in [0.25, 0.3) is 0 Å². The Morgan fingerprint density at radius 3 is 2.46 bits per heavy atom. The SMILES string of the molecule is C[C@@H]1C[C@H](O)C[C@@H](OCCN(CCCCCC(=O)ON2C(=O)CCC2=O)CCC[C@H]2CCC[C@H](C)O2)O1. The Hall–Kier alpha value is -1.59. The Morgan fingerprint density at radius 1 is 0.973 bits per heavy atom. The second-order valence-electron chi connectivity index (χ2n) is 10.7. The van der Waals surface area contributed by atoms with E-state index in [1.165, 1.54) is 6.42 Å². The molecule has 0 saturated carbocycles. The van der Waals surface area contributed by atoms with Gasteiger partial charge in [0.15, 0.2) is 6.29 Å². The molecule has 10 nitrogen and oxygen atoms in total. The largest absolute Gasteiger partial charge is 0.393 e. The maximum Gasteiger partial charge on any atom is 0.333 e. The number of hydrogen-bond acceptors (Lipinski definition) is 9. The lowest BCUT2D eigenvalue weighted by Gasteiger charge is -2.32. The number of hydrogen-bond donors (Lipinski definition) is 1. The molecule has 0 spiro atoms. The van der Waals surface area contributed by atoms with E-state index in [4.69, 9.17) is 19.0 Å². The Kier molecular flexibility index (Phi) is 12.7. The van der Waals surface area contributed by atoms with E-state index >= 15 is 0 Å². The number of aliphatic hydroxyl groups excluding tert-OH is 1. The number of nitrogens with zero attached hydrogens (tertiary/aromatic N) is 2. The zero-order valence-corrected chi connectivity index (χ0v) is 22.6. The minimum absolute atomic E-state index is 0.00358. The summed E-state index contributed by atoms with van der Waals surface area (Å²) in [6.45, 7) is 7.24. The summed E-state index contributed by atoms with van der Waals surface area (Å²) in [5.74, 6) is -1.45. The van der Waals surface area contributed by atoms with E-state index in [0.717, 1.165) is 58.2 Å². The average Bonchev–Trinajstić information content (AvgIpc) is 3.15. The van der Waals surface area contributed by atoms with Crippen LogP contribution in [0.4, 0.5) is 0 Å². The molecule has 3 aliphatic rings. The van der Waals surface area contributed by atoms with Gasteiger partial charge in [-0.05, 0) is 78.3 Å². The minimum atomic E-state index is -0.542. The fraction of sp³-hybridized carbons (Fsp3) is 0.889. The summed E-state index contributed by atoms with van der Waals surface area (Å²) >= 11 is 0. The van der Waals surface area contributed by atoms with Gasteiger partial charge < -0.3 is 29.1 Å². The number of amides is 2. The van der Waals surface area contributed by atoms with Crippen LogP contribution in [0, 0.1) is 0 Å². The van der Waals surface area contributed by atoms with Gasteiger partial charge in [0.25, 0.3) is 11.8 Å². The zero-order chi connectivity index (χ0) is 26.6. The summed E-state index contributed by atoms with van der Waals surface area (Å²) < 4.78 is 17.8. The Morgan fingerprint density at radius 2 is 1.73 bits per heavy atom. The molecule has 3 rings (SSSR count).